The average Bonchev–Trinajstić information content (AvgIpc) is 3.38. The zero-order valence-corrected chi connectivity index (χ0v) is 15.9. The molecule has 0 aromatic heterocycles. The van der Waals surface area contributed by atoms with Crippen LogP contribution in [0, 0.1) is 29.6 Å². The third-order valence-corrected chi connectivity index (χ3v) is 7.02. The predicted octanol–water partition coefficient (Wildman–Crippen LogP) is 3.71. The summed E-state index contributed by atoms with van der Waals surface area (Å²) in [4.78, 5) is 0.182. The van der Waals surface area contributed by atoms with Gasteiger partial charge < -0.3 is 5.11 Å². The molecule has 2 rings (SSSR count). The Balaban J connectivity index is 1.88. The molecule has 1 aromatic carbocycles. The van der Waals surface area contributed by atoms with Crippen LogP contribution in [0.25, 0.3) is 0 Å². The van der Waals surface area contributed by atoms with Gasteiger partial charge in [0, 0.05) is 0 Å². The van der Waals surface area contributed by atoms with Crippen LogP contribution < -0.4 is 0 Å². The lowest BCUT2D eigenvalue weighted by atomic mass is 9.80. The third-order valence-electron chi connectivity index (χ3n) is 5.72. The first-order valence-electron chi connectivity index (χ1n) is 8.90. The molecule has 0 amide bonds. The Morgan fingerprint density at radius 1 is 1.17 bits per heavy atom. The van der Waals surface area contributed by atoms with Gasteiger partial charge >= 0.3 is 0 Å². The topological polar surface area (TPSA) is 63.6 Å². The van der Waals surface area contributed by atoms with E-state index in [1.165, 1.54) is 12.1 Å². The maximum Gasteiger partial charge on any atom is 0.296 e. The average molecular weight is 355 g/mol. The second-order valence-corrected chi connectivity index (χ2v) is 8.92. The number of aliphatic hydroxyl groups is 1. The summed E-state index contributed by atoms with van der Waals surface area (Å²) >= 11 is 0. The number of benzene rings is 1. The van der Waals surface area contributed by atoms with Crippen molar-refractivity contribution >= 4 is 10.1 Å². The van der Waals surface area contributed by atoms with Crippen LogP contribution in [-0.2, 0) is 14.3 Å². The van der Waals surface area contributed by atoms with Crippen molar-refractivity contribution in [1.82, 2.24) is 0 Å². The number of hydrogen-bond donors (Lipinski definition) is 1. The molecule has 4 nitrogen and oxygen atoms in total. The van der Waals surface area contributed by atoms with Gasteiger partial charge in [0.05, 0.1) is 17.6 Å². The van der Waals surface area contributed by atoms with Crippen molar-refractivity contribution in [1.29, 1.82) is 0 Å². The SMILES string of the molecule is CCC1CC1C(O)C(C)C(C)C(C)COS(=O)(=O)c1ccccc1. The van der Waals surface area contributed by atoms with Gasteiger partial charge in [0.2, 0.25) is 0 Å². The van der Waals surface area contributed by atoms with Crippen LogP contribution >= 0.6 is 0 Å². The smallest absolute Gasteiger partial charge is 0.296 e. The van der Waals surface area contributed by atoms with Gasteiger partial charge in [0.25, 0.3) is 10.1 Å². The fourth-order valence-electron chi connectivity index (χ4n) is 3.38. The van der Waals surface area contributed by atoms with E-state index < -0.39 is 10.1 Å². The molecule has 1 aromatic rings. The molecule has 1 aliphatic rings. The summed E-state index contributed by atoms with van der Waals surface area (Å²) in [6.45, 7) is 8.41. The Bertz CT molecular complexity index is 614. The molecular formula is C19H30O4S. The number of rotatable bonds is 9. The molecule has 6 unspecified atom stereocenters. The molecule has 1 N–H and O–H groups in total. The molecule has 24 heavy (non-hydrogen) atoms. The van der Waals surface area contributed by atoms with Crippen LogP contribution in [0.2, 0.25) is 0 Å². The fraction of sp³-hybridized carbons (Fsp3) is 0.684. The first-order valence-corrected chi connectivity index (χ1v) is 10.3. The van der Waals surface area contributed by atoms with Crippen molar-refractivity contribution in [2.24, 2.45) is 29.6 Å². The highest BCUT2D eigenvalue weighted by molar-refractivity contribution is 7.86. The van der Waals surface area contributed by atoms with Crippen LogP contribution in [0.5, 0.6) is 0 Å². The minimum atomic E-state index is -3.71. The highest BCUT2D eigenvalue weighted by Crippen LogP contribution is 2.46. The van der Waals surface area contributed by atoms with E-state index in [9.17, 15) is 13.5 Å². The monoisotopic (exact) mass is 354 g/mol. The van der Waals surface area contributed by atoms with Gasteiger partial charge in [-0.3, -0.25) is 4.18 Å². The quantitative estimate of drug-likeness (QED) is 0.687. The van der Waals surface area contributed by atoms with E-state index in [0.717, 1.165) is 12.8 Å². The van der Waals surface area contributed by atoms with Crippen molar-refractivity contribution in [3.63, 3.8) is 0 Å². The Hall–Kier alpha value is -0.910. The molecule has 6 atom stereocenters. The molecule has 0 aliphatic heterocycles. The maximum atomic E-state index is 12.2. The second-order valence-electron chi connectivity index (χ2n) is 7.31. The van der Waals surface area contributed by atoms with Crippen LogP contribution in [-0.4, -0.2) is 26.2 Å². The molecule has 0 radical (unpaired) electrons. The van der Waals surface area contributed by atoms with Crippen LogP contribution in [0.4, 0.5) is 0 Å². The molecule has 0 saturated heterocycles. The lowest BCUT2D eigenvalue weighted by Gasteiger charge is -2.30. The fourth-order valence-corrected chi connectivity index (χ4v) is 4.40. The summed E-state index contributed by atoms with van der Waals surface area (Å²) < 4.78 is 29.6. The molecule has 0 heterocycles. The standard InChI is InChI=1S/C19H30O4S/c1-5-16-11-18(16)19(20)15(4)14(3)13(2)12-23-24(21,22)17-9-7-6-8-10-17/h6-10,13-16,18-20H,5,11-12H2,1-4H3. The van der Waals surface area contributed by atoms with E-state index in [2.05, 4.69) is 20.8 Å². The second kappa shape index (κ2) is 7.98. The minimum Gasteiger partial charge on any atom is -0.393 e. The van der Waals surface area contributed by atoms with Crippen LogP contribution in [0.1, 0.15) is 40.5 Å². The van der Waals surface area contributed by atoms with E-state index in [0.29, 0.717) is 11.8 Å². The van der Waals surface area contributed by atoms with Crippen LogP contribution in [0.3, 0.4) is 0 Å². The molecule has 136 valence electrons. The number of hydrogen-bond acceptors (Lipinski definition) is 4. The summed E-state index contributed by atoms with van der Waals surface area (Å²) in [5.41, 5.74) is 0. The van der Waals surface area contributed by atoms with E-state index in [1.54, 1.807) is 18.2 Å². The molecule has 1 fully saturated rings. The van der Waals surface area contributed by atoms with Crippen molar-refractivity contribution in [3.05, 3.63) is 30.3 Å². The highest BCUT2D eigenvalue weighted by Gasteiger charge is 2.44. The maximum absolute atomic E-state index is 12.2. The largest absolute Gasteiger partial charge is 0.393 e. The van der Waals surface area contributed by atoms with Gasteiger partial charge in [0.15, 0.2) is 0 Å². The van der Waals surface area contributed by atoms with Crippen molar-refractivity contribution in [2.45, 2.75) is 51.5 Å². The summed E-state index contributed by atoms with van der Waals surface area (Å²) in [5.74, 6) is 1.42. The van der Waals surface area contributed by atoms with E-state index in [-0.39, 0.29) is 35.4 Å². The Labute approximate surface area is 146 Å². The van der Waals surface area contributed by atoms with Crippen LogP contribution in [0.15, 0.2) is 35.2 Å². The zero-order valence-electron chi connectivity index (χ0n) is 15.1. The minimum absolute atomic E-state index is 0.0481. The van der Waals surface area contributed by atoms with Crippen molar-refractivity contribution in [2.75, 3.05) is 6.61 Å². The lowest BCUT2D eigenvalue weighted by Crippen LogP contribution is -2.31. The van der Waals surface area contributed by atoms with Gasteiger partial charge in [0.1, 0.15) is 0 Å². The Morgan fingerprint density at radius 2 is 1.79 bits per heavy atom. The van der Waals surface area contributed by atoms with Crippen molar-refractivity contribution < 1.29 is 17.7 Å². The summed E-state index contributed by atoms with van der Waals surface area (Å²) in [7, 11) is -3.71. The third kappa shape index (κ3) is 4.58. The summed E-state index contributed by atoms with van der Waals surface area (Å²) in [6.07, 6.45) is 1.93. The summed E-state index contributed by atoms with van der Waals surface area (Å²) in [5, 5.41) is 10.5. The van der Waals surface area contributed by atoms with Gasteiger partial charge in [-0.15, -0.1) is 0 Å². The van der Waals surface area contributed by atoms with Gasteiger partial charge in [-0.05, 0) is 48.1 Å². The molecule has 1 saturated carbocycles. The van der Waals surface area contributed by atoms with Gasteiger partial charge in [-0.25, -0.2) is 0 Å². The normalized spacial score (nSPS) is 25.7. The first kappa shape index (κ1) is 19.4. The molecular weight excluding hydrogens is 324 g/mol. The highest BCUT2D eigenvalue weighted by atomic mass is 32.2. The number of aliphatic hydroxyl groups excluding tert-OH is 1. The predicted molar refractivity (Wildman–Crippen MR) is 95.0 cm³/mol. The van der Waals surface area contributed by atoms with E-state index in [4.69, 9.17) is 4.18 Å². The molecule has 0 bridgehead atoms. The molecule has 5 heteroatoms. The first-order chi connectivity index (χ1) is 11.3. The van der Waals surface area contributed by atoms with Crippen molar-refractivity contribution in [3.8, 4) is 0 Å². The van der Waals surface area contributed by atoms with Gasteiger partial charge in [-0.1, -0.05) is 52.3 Å². The Morgan fingerprint density at radius 3 is 2.33 bits per heavy atom. The lowest BCUT2D eigenvalue weighted by molar-refractivity contribution is 0.0409. The molecule has 0 spiro atoms. The summed E-state index contributed by atoms with van der Waals surface area (Å²) in [6, 6.07) is 8.21. The van der Waals surface area contributed by atoms with E-state index in [1.807, 2.05) is 6.92 Å². The Kier molecular flexibility index (Phi) is 6.46. The van der Waals surface area contributed by atoms with Gasteiger partial charge in [-0.2, -0.15) is 8.42 Å². The van der Waals surface area contributed by atoms with E-state index >= 15 is 0 Å². The molecule has 1 aliphatic carbocycles. The zero-order chi connectivity index (χ0) is 17.9.